The lowest BCUT2D eigenvalue weighted by Crippen LogP contribution is -2.23. The van der Waals surface area contributed by atoms with Gasteiger partial charge in [0.25, 0.3) is 5.91 Å². The van der Waals surface area contributed by atoms with Crippen molar-refractivity contribution in [1.29, 1.82) is 0 Å². The number of aromatic amines is 1. The second kappa shape index (κ2) is 7.78. The van der Waals surface area contributed by atoms with Gasteiger partial charge in [-0.15, -0.1) is 0 Å². The summed E-state index contributed by atoms with van der Waals surface area (Å²) in [6, 6.07) is 15.5. The third-order valence-corrected chi connectivity index (χ3v) is 4.40. The number of rotatable bonds is 7. The van der Waals surface area contributed by atoms with E-state index in [0.29, 0.717) is 18.0 Å². The molecule has 0 aliphatic rings. The monoisotopic (exact) mass is 360 g/mol. The molecule has 3 heterocycles. The summed E-state index contributed by atoms with van der Waals surface area (Å²) in [5, 5.41) is 7.38. The Hall–Kier alpha value is -3.54. The lowest BCUT2D eigenvalue weighted by Gasteiger charge is -2.07. The number of nitrogens with one attached hydrogen (secondary N) is 3. The average molecular weight is 360 g/mol. The summed E-state index contributed by atoms with van der Waals surface area (Å²) >= 11 is 0. The highest BCUT2D eigenvalue weighted by atomic mass is 16.3. The second-order valence-corrected chi connectivity index (χ2v) is 6.23. The lowest BCUT2D eigenvalue weighted by atomic mass is 10.1. The molecule has 0 unspecified atom stereocenters. The Bertz CT molecular complexity index is 1020. The van der Waals surface area contributed by atoms with Crippen LogP contribution in [0, 0.1) is 0 Å². The Morgan fingerprint density at radius 3 is 2.85 bits per heavy atom. The minimum Gasteiger partial charge on any atom is -0.467 e. The molecule has 3 N–H and O–H groups in total. The van der Waals surface area contributed by atoms with Gasteiger partial charge in [0.05, 0.1) is 24.7 Å². The molecule has 0 fully saturated rings. The molecule has 0 bridgehead atoms. The summed E-state index contributed by atoms with van der Waals surface area (Å²) in [7, 11) is 0. The summed E-state index contributed by atoms with van der Waals surface area (Å²) < 4.78 is 5.19. The van der Waals surface area contributed by atoms with E-state index < -0.39 is 0 Å². The van der Waals surface area contributed by atoms with Crippen LogP contribution in [0.25, 0.3) is 10.9 Å². The Balaban J connectivity index is 1.29. The van der Waals surface area contributed by atoms with Crippen molar-refractivity contribution >= 4 is 22.5 Å². The Kier molecular flexibility index (Phi) is 4.87. The number of carbonyl (C=O) groups excluding carboxylic acids is 1. The summed E-state index contributed by atoms with van der Waals surface area (Å²) in [6.07, 6.45) is 6.21. The third kappa shape index (κ3) is 4.00. The maximum atomic E-state index is 12.1. The van der Waals surface area contributed by atoms with E-state index in [-0.39, 0.29) is 5.91 Å². The number of furan rings is 1. The number of fused-ring (bicyclic) bond motifs is 1. The minimum atomic E-state index is -0.225. The quantitative estimate of drug-likeness (QED) is 0.469. The van der Waals surface area contributed by atoms with Crippen molar-refractivity contribution in [2.24, 2.45) is 0 Å². The third-order valence-electron chi connectivity index (χ3n) is 4.40. The van der Waals surface area contributed by atoms with E-state index >= 15 is 0 Å². The standard InChI is InChI=1S/C21H20N4O2/c26-21(25-14-17-4-3-11-27-17)20-8-7-16(13-24-20)22-10-9-15-12-23-19-6-2-1-5-18(15)19/h1-8,11-13,22-23H,9-10,14H2,(H,25,26). The van der Waals surface area contributed by atoms with Crippen LogP contribution in [0.2, 0.25) is 0 Å². The molecule has 3 aromatic heterocycles. The number of benzene rings is 1. The molecule has 0 saturated heterocycles. The number of anilines is 1. The van der Waals surface area contributed by atoms with Crippen LogP contribution in [0.3, 0.4) is 0 Å². The number of hydrogen-bond acceptors (Lipinski definition) is 4. The number of hydrogen-bond donors (Lipinski definition) is 3. The first-order valence-electron chi connectivity index (χ1n) is 8.85. The van der Waals surface area contributed by atoms with E-state index in [1.807, 2.05) is 24.3 Å². The molecule has 0 spiro atoms. The number of para-hydroxylation sites is 1. The van der Waals surface area contributed by atoms with E-state index in [4.69, 9.17) is 4.42 Å². The Labute approximate surface area is 156 Å². The molecule has 136 valence electrons. The van der Waals surface area contributed by atoms with Gasteiger partial charge >= 0.3 is 0 Å². The maximum absolute atomic E-state index is 12.1. The molecular formula is C21H20N4O2. The van der Waals surface area contributed by atoms with Gasteiger partial charge in [-0.1, -0.05) is 18.2 Å². The molecule has 4 aromatic rings. The molecule has 6 nitrogen and oxygen atoms in total. The van der Waals surface area contributed by atoms with E-state index in [1.165, 1.54) is 10.9 Å². The van der Waals surface area contributed by atoms with Gasteiger partial charge in [-0.3, -0.25) is 4.79 Å². The summed E-state index contributed by atoms with van der Waals surface area (Å²) in [4.78, 5) is 19.6. The number of pyridine rings is 1. The van der Waals surface area contributed by atoms with E-state index in [2.05, 4.69) is 38.9 Å². The lowest BCUT2D eigenvalue weighted by molar-refractivity contribution is 0.0943. The first kappa shape index (κ1) is 16.9. The van der Waals surface area contributed by atoms with Crippen LogP contribution in [-0.4, -0.2) is 22.4 Å². The van der Waals surface area contributed by atoms with Gasteiger partial charge in [-0.05, 0) is 42.3 Å². The van der Waals surface area contributed by atoms with Crippen molar-refractivity contribution in [3.63, 3.8) is 0 Å². The summed E-state index contributed by atoms with van der Waals surface area (Å²) in [5.74, 6) is 0.482. The van der Waals surface area contributed by atoms with Crippen molar-refractivity contribution in [3.05, 3.63) is 84.2 Å². The zero-order valence-corrected chi connectivity index (χ0v) is 14.7. The largest absolute Gasteiger partial charge is 0.467 e. The predicted octanol–water partition coefficient (Wildman–Crippen LogP) is 3.74. The minimum absolute atomic E-state index is 0.225. The molecule has 0 atom stereocenters. The number of aromatic nitrogens is 2. The zero-order valence-electron chi connectivity index (χ0n) is 14.7. The van der Waals surface area contributed by atoms with Gasteiger partial charge in [-0.25, -0.2) is 4.98 Å². The van der Waals surface area contributed by atoms with E-state index in [1.54, 1.807) is 24.6 Å². The van der Waals surface area contributed by atoms with Crippen LogP contribution in [0.5, 0.6) is 0 Å². The second-order valence-electron chi connectivity index (χ2n) is 6.23. The molecule has 0 saturated carbocycles. The van der Waals surface area contributed by atoms with Gasteiger partial charge in [0.15, 0.2) is 0 Å². The topological polar surface area (TPSA) is 83.0 Å². The van der Waals surface area contributed by atoms with Crippen LogP contribution in [0.15, 0.2) is 71.6 Å². The Morgan fingerprint density at radius 2 is 2.04 bits per heavy atom. The molecule has 1 amide bonds. The van der Waals surface area contributed by atoms with Crippen molar-refractivity contribution in [2.75, 3.05) is 11.9 Å². The van der Waals surface area contributed by atoms with Crippen LogP contribution in [0.4, 0.5) is 5.69 Å². The number of amides is 1. The number of nitrogens with zero attached hydrogens (tertiary/aromatic N) is 1. The van der Waals surface area contributed by atoms with Gasteiger partial charge in [0.1, 0.15) is 11.5 Å². The molecular weight excluding hydrogens is 340 g/mol. The number of carbonyl (C=O) groups is 1. The first-order valence-corrected chi connectivity index (χ1v) is 8.85. The summed E-state index contributed by atoms with van der Waals surface area (Å²) in [5.41, 5.74) is 3.69. The van der Waals surface area contributed by atoms with Gasteiger partial charge in [0.2, 0.25) is 0 Å². The molecule has 6 heteroatoms. The van der Waals surface area contributed by atoms with Gasteiger partial charge < -0.3 is 20.0 Å². The highest BCUT2D eigenvalue weighted by Gasteiger charge is 2.08. The van der Waals surface area contributed by atoms with Crippen LogP contribution in [-0.2, 0) is 13.0 Å². The fourth-order valence-electron chi connectivity index (χ4n) is 2.98. The fourth-order valence-corrected chi connectivity index (χ4v) is 2.98. The maximum Gasteiger partial charge on any atom is 0.270 e. The number of H-pyrrole nitrogens is 1. The predicted molar refractivity (Wildman–Crippen MR) is 105 cm³/mol. The summed E-state index contributed by atoms with van der Waals surface area (Å²) in [6.45, 7) is 1.13. The van der Waals surface area contributed by atoms with E-state index in [9.17, 15) is 4.79 Å². The zero-order chi connectivity index (χ0) is 18.5. The SMILES string of the molecule is O=C(NCc1ccco1)c1ccc(NCCc2c[nH]c3ccccc23)cn1. The van der Waals surface area contributed by atoms with Crippen LogP contribution >= 0.6 is 0 Å². The molecule has 0 aliphatic carbocycles. The molecule has 0 radical (unpaired) electrons. The Morgan fingerprint density at radius 1 is 1.11 bits per heavy atom. The van der Waals surface area contributed by atoms with Crippen molar-refractivity contribution in [2.45, 2.75) is 13.0 Å². The molecule has 4 rings (SSSR count). The van der Waals surface area contributed by atoms with Crippen molar-refractivity contribution in [1.82, 2.24) is 15.3 Å². The molecule has 0 aliphatic heterocycles. The highest BCUT2D eigenvalue weighted by Crippen LogP contribution is 2.18. The van der Waals surface area contributed by atoms with Gasteiger partial charge in [0, 0.05) is 23.6 Å². The highest BCUT2D eigenvalue weighted by molar-refractivity contribution is 5.92. The normalized spacial score (nSPS) is 10.8. The van der Waals surface area contributed by atoms with E-state index in [0.717, 1.165) is 24.2 Å². The molecule has 1 aromatic carbocycles. The average Bonchev–Trinajstić information content (AvgIpc) is 3.37. The van der Waals surface area contributed by atoms with Gasteiger partial charge in [-0.2, -0.15) is 0 Å². The smallest absolute Gasteiger partial charge is 0.270 e. The first-order chi connectivity index (χ1) is 13.3. The fraction of sp³-hybridized carbons (Fsp3) is 0.143. The van der Waals surface area contributed by atoms with Crippen LogP contribution in [0.1, 0.15) is 21.8 Å². The van der Waals surface area contributed by atoms with Crippen LogP contribution < -0.4 is 10.6 Å². The van der Waals surface area contributed by atoms with Crippen molar-refractivity contribution < 1.29 is 9.21 Å². The molecule has 27 heavy (non-hydrogen) atoms. The van der Waals surface area contributed by atoms with Crippen molar-refractivity contribution in [3.8, 4) is 0 Å².